The third-order valence-electron chi connectivity index (χ3n) is 2.80. The topological polar surface area (TPSA) is 40.5 Å². The molecule has 1 aliphatic heterocycles. The number of nitrogens with zero attached hydrogens (tertiary/aromatic N) is 1. The Morgan fingerprint density at radius 1 is 1.60 bits per heavy atom. The lowest BCUT2D eigenvalue weighted by atomic mass is 10.1. The van der Waals surface area contributed by atoms with Gasteiger partial charge in [0.1, 0.15) is 6.04 Å². The highest BCUT2D eigenvalue weighted by molar-refractivity contribution is 5.73. The molecule has 0 aromatic carbocycles. The summed E-state index contributed by atoms with van der Waals surface area (Å²) in [7, 11) is 0. The molecule has 88 valence electrons. The van der Waals surface area contributed by atoms with Gasteiger partial charge in [0.05, 0.1) is 5.92 Å². The van der Waals surface area contributed by atoms with Gasteiger partial charge in [0, 0.05) is 6.54 Å². The minimum atomic E-state index is -4.20. The smallest absolute Gasteiger partial charge is 0.393 e. The molecule has 0 bridgehead atoms. The van der Waals surface area contributed by atoms with Crippen LogP contribution in [-0.4, -0.2) is 41.3 Å². The predicted molar refractivity (Wildman–Crippen MR) is 47.4 cm³/mol. The van der Waals surface area contributed by atoms with Crippen LogP contribution < -0.4 is 0 Å². The molecule has 0 radical (unpaired) electrons. The molecule has 1 aliphatic rings. The zero-order chi connectivity index (χ0) is 11.6. The molecule has 0 saturated carbocycles. The van der Waals surface area contributed by atoms with Crippen molar-refractivity contribution in [1.82, 2.24) is 4.90 Å². The minimum absolute atomic E-state index is 0.00722. The van der Waals surface area contributed by atoms with Crippen molar-refractivity contribution in [3.63, 3.8) is 0 Å². The fraction of sp³-hybridized carbons (Fsp3) is 0.889. The van der Waals surface area contributed by atoms with E-state index in [-0.39, 0.29) is 19.5 Å². The monoisotopic (exact) mass is 225 g/mol. The maximum atomic E-state index is 12.3. The van der Waals surface area contributed by atoms with Gasteiger partial charge in [-0.25, -0.2) is 0 Å². The Morgan fingerprint density at radius 2 is 2.20 bits per heavy atom. The van der Waals surface area contributed by atoms with Gasteiger partial charge in [0.25, 0.3) is 0 Å². The van der Waals surface area contributed by atoms with Gasteiger partial charge in [0.15, 0.2) is 0 Å². The number of rotatable bonds is 3. The molecular formula is C9H14F3NO2. The standard InChI is InChI=1S/C9H14F3NO2/c1-2-7(8(14)15)13-4-3-6(5-13)9(10,11)12/h6-7H,2-5H2,1H3,(H,14,15)/t6-,7-/m1/s1. The number of hydrogen-bond donors (Lipinski definition) is 1. The first-order chi connectivity index (χ1) is 6.86. The number of carboxylic acid groups (broad SMARTS) is 1. The summed E-state index contributed by atoms with van der Waals surface area (Å²) in [6.07, 6.45) is -3.86. The molecule has 0 aliphatic carbocycles. The lowest BCUT2D eigenvalue weighted by Crippen LogP contribution is -2.40. The van der Waals surface area contributed by atoms with Crippen LogP contribution in [0.2, 0.25) is 0 Å². The van der Waals surface area contributed by atoms with E-state index < -0.39 is 24.1 Å². The lowest BCUT2D eigenvalue weighted by Gasteiger charge is -2.23. The minimum Gasteiger partial charge on any atom is -0.480 e. The van der Waals surface area contributed by atoms with Gasteiger partial charge in [-0.1, -0.05) is 6.92 Å². The highest BCUT2D eigenvalue weighted by atomic mass is 19.4. The Balaban J connectivity index is 2.59. The van der Waals surface area contributed by atoms with E-state index in [1.807, 2.05) is 0 Å². The van der Waals surface area contributed by atoms with Crippen LogP contribution in [0.15, 0.2) is 0 Å². The normalized spacial score (nSPS) is 25.5. The van der Waals surface area contributed by atoms with Gasteiger partial charge in [-0.05, 0) is 19.4 Å². The molecule has 1 heterocycles. The fourth-order valence-electron chi connectivity index (χ4n) is 1.93. The molecule has 2 atom stereocenters. The summed E-state index contributed by atoms with van der Waals surface area (Å²) in [5.74, 6) is -2.41. The van der Waals surface area contributed by atoms with E-state index in [0.717, 1.165) is 0 Å². The number of hydrogen-bond acceptors (Lipinski definition) is 2. The van der Waals surface area contributed by atoms with E-state index in [1.165, 1.54) is 4.90 Å². The third-order valence-corrected chi connectivity index (χ3v) is 2.80. The molecule has 6 heteroatoms. The second kappa shape index (κ2) is 4.38. The first-order valence-corrected chi connectivity index (χ1v) is 4.89. The average Bonchev–Trinajstić information content (AvgIpc) is 2.52. The highest BCUT2D eigenvalue weighted by Crippen LogP contribution is 2.34. The Labute approximate surface area is 85.9 Å². The first kappa shape index (κ1) is 12.3. The summed E-state index contributed by atoms with van der Waals surface area (Å²) in [4.78, 5) is 12.2. The molecule has 15 heavy (non-hydrogen) atoms. The lowest BCUT2D eigenvalue weighted by molar-refractivity contribution is -0.172. The molecule has 1 fully saturated rings. The zero-order valence-corrected chi connectivity index (χ0v) is 8.42. The van der Waals surface area contributed by atoms with Crippen LogP contribution in [0.4, 0.5) is 13.2 Å². The SMILES string of the molecule is CC[C@H](C(=O)O)N1CC[C@@H](C(F)(F)F)C1. The summed E-state index contributed by atoms with van der Waals surface area (Å²) < 4.78 is 37.0. The van der Waals surface area contributed by atoms with Gasteiger partial charge in [-0.3, -0.25) is 9.69 Å². The van der Waals surface area contributed by atoms with E-state index in [0.29, 0.717) is 6.42 Å². The Morgan fingerprint density at radius 3 is 2.53 bits per heavy atom. The molecule has 1 N–H and O–H groups in total. The van der Waals surface area contributed by atoms with Gasteiger partial charge in [-0.2, -0.15) is 13.2 Å². The number of carboxylic acids is 1. The fourth-order valence-corrected chi connectivity index (χ4v) is 1.93. The highest BCUT2D eigenvalue weighted by Gasteiger charge is 2.45. The molecule has 0 unspecified atom stereocenters. The van der Waals surface area contributed by atoms with E-state index >= 15 is 0 Å². The number of carbonyl (C=O) groups is 1. The van der Waals surface area contributed by atoms with Crippen molar-refractivity contribution in [1.29, 1.82) is 0 Å². The zero-order valence-electron chi connectivity index (χ0n) is 8.42. The second-order valence-corrected chi connectivity index (χ2v) is 3.78. The average molecular weight is 225 g/mol. The van der Waals surface area contributed by atoms with Crippen molar-refractivity contribution >= 4 is 5.97 Å². The predicted octanol–water partition coefficient (Wildman–Crippen LogP) is 1.73. The Bertz CT molecular complexity index is 242. The molecule has 0 aromatic heterocycles. The molecule has 0 aromatic rings. The van der Waals surface area contributed by atoms with Crippen LogP contribution in [-0.2, 0) is 4.79 Å². The van der Waals surface area contributed by atoms with Crippen LogP contribution in [0.1, 0.15) is 19.8 Å². The molecular weight excluding hydrogens is 211 g/mol. The summed E-state index contributed by atoms with van der Waals surface area (Å²) in [6, 6.07) is -0.780. The maximum absolute atomic E-state index is 12.3. The molecule has 3 nitrogen and oxygen atoms in total. The first-order valence-electron chi connectivity index (χ1n) is 4.89. The van der Waals surface area contributed by atoms with E-state index in [9.17, 15) is 18.0 Å². The van der Waals surface area contributed by atoms with Gasteiger partial charge >= 0.3 is 12.1 Å². The van der Waals surface area contributed by atoms with Crippen molar-refractivity contribution < 1.29 is 23.1 Å². The number of aliphatic carboxylic acids is 1. The molecule has 1 saturated heterocycles. The largest absolute Gasteiger partial charge is 0.480 e. The van der Waals surface area contributed by atoms with Crippen LogP contribution in [0.3, 0.4) is 0 Å². The third kappa shape index (κ3) is 2.84. The Hall–Kier alpha value is -0.780. The summed E-state index contributed by atoms with van der Waals surface area (Å²) in [6.45, 7) is 1.70. The molecule has 1 rings (SSSR count). The van der Waals surface area contributed by atoms with Gasteiger partial charge in [0.2, 0.25) is 0 Å². The number of alkyl halides is 3. The summed E-state index contributed by atoms with van der Waals surface area (Å²) in [5, 5.41) is 8.80. The van der Waals surface area contributed by atoms with Crippen LogP contribution in [0.25, 0.3) is 0 Å². The van der Waals surface area contributed by atoms with Gasteiger partial charge < -0.3 is 5.11 Å². The van der Waals surface area contributed by atoms with Crippen molar-refractivity contribution in [3.8, 4) is 0 Å². The maximum Gasteiger partial charge on any atom is 0.393 e. The van der Waals surface area contributed by atoms with E-state index in [4.69, 9.17) is 5.11 Å². The van der Waals surface area contributed by atoms with Crippen LogP contribution in [0, 0.1) is 5.92 Å². The second-order valence-electron chi connectivity index (χ2n) is 3.78. The quantitative estimate of drug-likeness (QED) is 0.795. The number of halogens is 3. The van der Waals surface area contributed by atoms with E-state index in [1.54, 1.807) is 6.92 Å². The van der Waals surface area contributed by atoms with Gasteiger partial charge in [-0.15, -0.1) is 0 Å². The Kier molecular flexibility index (Phi) is 3.59. The van der Waals surface area contributed by atoms with Crippen LogP contribution in [0.5, 0.6) is 0 Å². The molecule has 0 amide bonds. The van der Waals surface area contributed by atoms with E-state index in [2.05, 4.69) is 0 Å². The summed E-state index contributed by atoms with van der Waals surface area (Å²) >= 11 is 0. The van der Waals surface area contributed by atoms with Crippen molar-refractivity contribution in [2.45, 2.75) is 32.0 Å². The van der Waals surface area contributed by atoms with Crippen molar-refractivity contribution in [2.24, 2.45) is 5.92 Å². The van der Waals surface area contributed by atoms with Crippen LogP contribution >= 0.6 is 0 Å². The number of likely N-dealkylation sites (tertiary alicyclic amines) is 1. The van der Waals surface area contributed by atoms with Crippen molar-refractivity contribution in [3.05, 3.63) is 0 Å². The summed E-state index contributed by atoms with van der Waals surface area (Å²) in [5.41, 5.74) is 0. The van der Waals surface area contributed by atoms with Crippen molar-refractivity contribution in [2.75, 3.05) is 13.1 Å². The molecule has 0 spiro atoms.